The Balaban J connectivity index is 1.48. The van der Waals surface area contributed by atoms with Crippen LogP contribution in [0.25, 0.3) is 0 Å². The van der Waals surface area contributed by atoms with Crippen LogP contribution >= 0.6 is 11.6 Å². The fraction of sp³-hybridized carbons (Fsp3) is 0.208. The van der Waals surface area contributed by atoms with Crippen LogP contribution in [-0.4, -0.2) is 41.1 Å². The number of para-hydroxylation sites is 2. The van der Waals surface area contributed by atoms with E-state index in [0.29, 0.717) is 22.1 Å². The Morgan fingerprint density at radius 2 is 1.69 bits per heavy atom. The SMILES string of the molecule is CCS(=O)(=O)N1C[C@H](C(=O)Nc2ccc(S(=O)(=O)Nc3ccc(C)c(Cl)c3)cc2)Oc2ccccc21. The van der Waals surface area contributed by atoms with Crippen LogP contribution in [0.1, 0.15) is 12.5 Å². The lowest BCUT2D eigenvalue weighted by Gasteiger charge is -2.34. The van der Waals surface area contributed by atoms with Crippen molar-refractivity contribution < 1.29 is 26.4 Å². The van der Waals surface area contributed by atoms with Crippen LogP contribution < -0.4 is 19.1 Å². The summed E-state index contributed by atoms with van der Waals surface area (Å²) in [6.45, 7) is 3.15. The predicted octanol–water partition coefficient (Wildman–Crippen LogP) is 4.01. The molecule has 0 fully saturated rings. The summed E-state index contributed by atoms with van der Waals surface area (Å²) < 4.78 is 60.1. The molecule has 0 saturated heterocycles. The molecule has 12 heteroatoms. The summed E-state index contributed by atoms with van der Waals surface area (Å²) in [7, 11) is -7.52. The van der Waals surface area contributed by atoms with Gasteiger partial charge in [0.2, 0.25) is 10.0 Å². The zero-order valence-corrected chi connectivity index (χ0v) is 21.8. The molecule has 2 N–H and O–H groups in total. The molecule has 0 bridgehead atoms. The van der Waals surface area contributed by atoms with Gasteiger partial charge in [-0.05, 0) is 67.9 Å². The molecule has 1 atom stereocenters. The standard InChI is InChI=1S/C24H24ClN3O6S2/c1-3-35(30,31)28-15-23(34-22-7-5-4-6-21(22)28)24(29)26-17-10-12-19(13-11-17)36(32,33)27-18-9-8-16(2)20(25)14-18/h4-14,23,27H,3,15H2,1-2H3,(H,26,29)/t23-/m1/s1. The number of fused-ring (bicyclic) bond motifs is 1. The number of amides is 1. The first-order chi connectivity index (χ1) is 17.0. The first-order valence-electron chi connectivity index (χ1n) is 11.0. The zero-order chi connectivity index (χ0) is 26.1. The van der Waals surface area contributed by atoms with Crippen molar-refractivity contribution in [1.29, 1.82) is 0 Å². The maximum Gasteiger partial charge on any atom is 0.267 e. The highest BCUT2D eigenvalue weighted by Crippen LogP contribution is 2.35. The molecule has 0 unspecified atom stereocenters. The van der Waals surface area contributed by atoms with Gasteiger partial charge in [-0.25, -0.2) is 16.8 Å². The number of hydrogen-bond acceptors (Lipinski definition) is 6. The molecule has 1 amide bonds. The maximum absolute atomic E-state index is 12.9. The van der Waals surface area contributed by atoms with Gasteiger partial charge >= 0.3 is 0 Å². The zero-order valence-electron chi connectivity index (χ0n) is 19.4. The summed E-state index contributed by atoms with van der Waals surface area (Å²) in [5, 5.41) is 3.09. The molecular formula is C24H24ClN3O6S2. The van der Waals surface area contributed by atoms with E-state index < -0.39 is 32.1 Å². The lowest BCUT2D eigenvalue weighted by Crippen LogP contribution is -2.49. The number of benzene rings is 3. The van der Waals surface area contributed by atoms with Gasteiger partial charge in [0.05, 0.1) is 28.6 Å². The number of halogens is 1. The molecular weight excluding hydrogens is 526 g/mol. The normalized spacial score (nSPS) is 15.5. The number of carbonyl (C=O) groups excluding carboxylic acids is 1. The molecule has 1 heterocycles. The Kier molecular flexibility index (Phi) is 7.17. The molecule has 1 aliphatic rings. The van der Waals surface area contributed by atoms with Gasteiger partial charge in [-0.15, -0.1) is 0 Å². The predicted molar refractivity (Wildman–Crippen MR) is 140 cm³/mol. The fourth-order valence-electron chi connectivity index (χ4n) is 3.57. The van der Waals surface area contributed by atoms with Crippen molar-refractivity contribution in [3.8, 4) is 5.75 Å². The third kappa shape index (κ3) is 5.43. The molecule has 1 aliphatic heterocycles. The lowest BCUT2D eigenvalue weighted by molar-refractivity contribution is -0.122. The van der Waals surface area contributed by atoms with Crippen molar-refractivity contribution in [3.63, 3.8) is 0 Å². The first kappa shape index (κ1) is 25.8. The van der Waals surface area contributed by atoms with Gasteiger partial charge in [0.25, 0.3) is 15.9 Å². The number of ether oxygens (including phenoxy) is 1. The Hall–Kier alpha value is -3.28. The summed E-state index contributed by atoms with van der Waals surface area (Å²) in [4.78, 5) is 12.9. The van der Waals surface area contributed by atoms with Crippen molar-refractivity contribution in [2.24, 2.45) is 0 Å². The Morgan fingerprint density at radius 3 is 2.36 bits per heavy atom. The summed E-state index contributed by atoms with van der Waals surface area (Å²) in [5.41, 5.74) is 1.84. The number of anilines is 3. The number of sulfonamides is 2. The summed E-state index contributed by atoms with van der Waals surface area (Å²) in [5.74, 6) is -0.414. The highest BCUT2D eigenvalue weighted by Gasteiger charge is 2.36. The van der Waals surface area contributed by atoms with E-state index in [1.165, 1.54) is 41.6 Å². The van der Waals surface area contributed by atoms with Crippen LogP contribution in [0, 0.1) is 6.92 Å². The van der Waals surface area contributed by atoms with E-state index >= 15 is 0 Å². The highest BCUT2D eigenvalue weighted by atomic mass is 35.5. The minimum absolute atomic E-state index is 0.0137. The van der Waals surface area contributed by atoms with Crippen molar-refractivity contribution in [3.05, 3.63) is 77.3 Å². The summed E-state index contributed by atoms with van der Waals surface area (Å²) >= 11 is 6.07. The maximum atomic E-state index is 12.9. The van der Waals surface area contributed by atoms with Crippen LogP contribution in [0.15, 0.2) is 71.6 Å². The van der Waals surface area contributed by atoms with Crippen LogP contribution in [0.2, 0.25) is 5.02 Å². The highest BCUT2D eigenvalue weighted by molar-refractivity contribution is 7.93. The van der Waals surface area contributed by atoms with Crippen LogP contribution in [0.3, 0.4) is 0 Å². The molecule has 0 aromatic heterocycles. The molecule has 0 saturated carbocycles. The fourth-order valence-corrected chi connectivity index (χ4v) is 5.92. The van der Waals surface area contributed by atoms with Gasteiger partial charge in [-0.1, -0.05) is 29.8 Å². The molecule has 9 nitrogen and oxygen atoms in total. The molecule has 0 aliphatic carbocycles. The number of nitrogens with one attached hydrogen (secondary N) is 2. The minimum Gasteiger partial charge on any atom is -0.476 e. The molecule has 190 valence electrons. The minimum atomic E-state index is -3.89. The Morgan fingerprint density at radius 1 is 1.03 bits per heavy atom. The average molecular weight is 550 g/mol. The van der Waals surface area contributed by atoms with E-state index in [0.717, 1.165) is 5.56 Å². The van der Waals surface area contributed by atoms with Gasteiger partial charge in [-0.2, -0.15) is 0 Å². The van der Waals surface area contributed by atoms with E-state index in [9.17, 15) is 21.6 Å². The number of carbonyl (C=O) groups is 1. The van der Waals surface area contributed by atoms with Crippen molar-refractivity contribution in [2.75, 3.05) is 26.6 Å². The van der Waals surface area contributed by atoms with Crippen LogP contribution in [0.5, 0.6) is 5.75 Å². The smallest absolute Gasteiger partial charge is 0.267 e. The first-order valence-corrected chi connectivity index (χ1v) is 14.4. The number of hydrogen-bond donors (Lipinski definition) is 2. The second-order valence-electron chi connectivity index (χ2n) is 8.09. The van der Waals surface area contributed by atoms with Gasteiger partial charge in [0.1, 0.15) is 5.75 Å². The monoisotopic (exact) mass is 549 g/mol. The summed E-state index contributed by atoms with van der Waals surface area (Å²) in [6, 6.07) is 17.0. The number of nitrogens with zero attached hydrogens (tertiary/aromatic N) is 1. The molecule has 0 spiro atoms. The topological polar surface area (TPSA) is 122 Å². The molecule has 4 rings (SSSR count). The van der Waals surface area contributed by atoms with E-state index in [2.05, 4.69) is 10.0 Å². The number of aryl methyl sites for hydroxylation is 1. The Labute approximate surface area is 215 Å². The third-order valence-electron chi connectivity index (χ3n) is 5.58. The quantitative estimate of drug-likeness (QED) is 0.459. The van der Waals surface area contributed by atoms with Gasteiger partial charge in [0.15, 0.2) is 6.10 Å². The van der Waals surface area contributed by atoms with Crippen LogP contribution in [-0.2, 0) is 24.8 Å². The molecule has 3 aromatic carbocycles. The third-order valence-corrected chi connectivity index (χ3v) is 9.14. The van der Waals surface area contributed by atoms with Gasteiger partial charge < -0.3 is 10.1 Å². The molecule has 0 radical (unpaired) electrons. The van der Waals surface area contributed by atoms with E-state index in [1.54, 1.807) is 36.4 Å². The average Bonchev–Trinajstić information content (AvgIpc) is 2.85. The molecule has 3 aromatic rings. The van der Waals surface area contributed by atoms with Crippen molar-refractivity contribution in [2.45, 2.75) is 24.8 Å². The van der Waals surface area contributed by atoms with Gasteiger partial charge in [0, 0.05) is 10.7 Å². The second-order valence-corrected chi connectivity index (χ2v) is 12.4. The number of rotatable bonds is 7. The lowest BCUT2D eigenvalue weighted by atomic mass is 10.2. The second kappa shape index (κ2) is 10.00. The Bertz CT molecular complexity index is 1510. The summed E-state index contributed by atoms with van der Waals surface area (Å²) in [6.07, 6.45) is -1.10. The van der Waals surface area contributed by atoms with Gasteiger partial charge in [-0.3, -0.25) is 13.8 Å². The van der Waals surface area contributed by atoms with Crippen LogP contribution in [0.4, 0.5) is 17.1 Å². The van der Waals surface area contributed by atoms with E-state index in [4.69, 9.17) is 16.3 Å². The van der Waals surface area contributed by atoms with Crippen molar-refractivity contribution in [1.82, 2.24) is 0 Å². The van der Waals surface area contributed by atoms with Crippen molar-refractivity contribution >= 4 is 54.6 Å². The van der Waals surface area contributed by atoms with E-state index in [-0.39, 0.29) is 22.9 Å². The van der Waals surface area contributed by atoms with E-state index in [1.807, 2.05) is 6.92 Å². The largest absolute Gasteiger partial charge is 0.476 e. The molecule has 36 heavy (non-hydrogen) atoms.